The second-order valence-corrected chi connectivity index (χ2v) is 21.7. The molecule has 9 aliphatic rings. The Morgan fingerprint density at radius 3 is 2.37 bits per heavy atom. The molecular weight excluding hydrogens is 681 g/mol. The van der Waals surface area contributed by atoms with Gasteiger partial charge in [-0.05, 0) is 129 Å². The quantitative estimate of drug-likeness (QED) is 0.321. The standard InChI is InChI=1S/C44H74N4O6/c1-26(2)36(54-39(50)47-16-9-17-47)30-20-28(5)35-37(52-30)38(49)44(45)32-11-10-31-40(6,7)33(12-13-42(31)25-43(32,42)15-14-41(35,44)8)53-34-24-46(18-19-51-34)21-29-22-48(23-29)27(3)4/h26-38,49H,9-25,45H2,1-8H3/t28-,30?,31+,32?,33?,34?,35+,36?,37-,38+,41?,42?,43?,44+/m1/s1. The van der Waals surface area contributed by atoms with Gasteiger partial charge in [0.25, 0.3) is 0 Å². The Hall–Kier alpha value is -1.01. The predicted octanol–water partition coefficient (Wildman–Crippen LogP) is 5.74. The molecule has 1 amide bonds. The predicted molar refractivity (Wildman–Crippen MR) is 207 cm³/mol. The molecule has 0 bridgehead atoms. The molecular formula is C44H74N4O6. The molecule has 9 fully saturated rings. The first-order valence-corrected chi connectivity index (χ1v) is 22.4. The highest BCUT2D eigenvalue weighted by Crippen LogP contribution is 2.87. The summed E-state index contributed by atoms with van der Waals surface area (Å²) >= 11 is 0. The van der Waals surface area contributed by atoms with Gasteiger partial charge in [-0.25, -0.2) is 4.79 Å². The molecule has 5 saturated carbocycles. The molecule has 9 rings (SSSR count). The zero-order valence-electron chi connectivity index (χ0n) is 34.9. The van der Waals surface area contributed by atoms with Crippen LogP contribution in [0.25, 0.3) is 0 Å². The van der Waals surface area contributed by atoms with E-state index < -0.39 is 11.6 Å². The lowest BCUT2D eigenvalue weighted by Gasteiger charge is -2.63. The third-order valence-corrected chi connectivity index (χ3v) is 18.3. The van der Waals surface area contributed by atoms with Crippen LogP contribution in [-0.4, -0.2) is 127 Å². The zero-order valence-corrected chi connectivity index (χ0v) is 34.9. The molecule has 0 aromatic carbocycles. The van der Waals surface area contributed by atoms with Gasteiger partial charge >= 0.3 is 6.09 Å². The number of fused-ring (bicyclic) bond motifs is 4. The summed E-state index contributed by atoms with van der Waals surface area (Å²) in [4.78, 5) is 19.9. The lowest BCUT2D eigenvalue weighted by molar-refractivity contribution is -0.247. The van der Waals surface area contributed by atoms with Crippen LogP contribution < -0.4 is 5.73 Å². The SMILES string of the molecule is CC(C)C(OC(=O)N1CCC1)C1C[C@@H](C)[C@H]2[C@@H](O1)[C@H](O)[C@@]1(N)C3CC[C@H]4C(C)(C)C(OC5CN(CC6CN(C(C)C)C6)CCO5)CCC45CC35CCC21C. The second kappa shape index (κ2) is 13.3. The Morgan fingerprint density at radius 1 is 0.963 bits per heavy atom. The van der Waals surface area contributed by atoms with E-state index in [2.05, 4.69) is 65.2 Å². The number of hydrogen-bond donors (Lipinski definition) is 2. The van der Waals surface area contributed by atoms with E-state index in [1.807, 2.05) is 0 Å². The van der Waals surface area contributed by atoms with Crippen molar-refractivity contribution in [1.29, 1.82) is 0 Å². The molecule has 0 radical (unpaired) electrons. The number of nitrogens with two attached hydrogens (primary N) is 1. The maximum Gasteiger partial charge on any atom is 0.410 e. The summed E-state index contributed by atoms with van der Waals surface area (Å²) in [5.74, 6) is 2.24. The highest BCUT2D eigenvalue weighted by Gasteiger charge is 2.85. The van der Waals surface area contributed by atoms with Crippen LogP contribution in [0.2, 0.25) is 0 Å². The van der Waals surface area contributed by atoms with Gasteiger partial charge in [0.2, 0.25) is 0 Å². The smallest absolute Gasteiger partial charge is 0.410 e. The molecule has 4 aliphatic heterocycles. The minimum Gasteiger partial charge on any atom is -0.443 e. The molecule has 8 unspecified atom stereocenters. The normalized spacial score (nSPS) is 49.2. The fourth-order valence-corrected chi connectivity index (χ4v) is 15.3. The van der Waals surface area contributed by atoms with Crippen LogP contribution in [0.1, 0.15) is 113 Å². The van der Waals surface area contributed by atoms with Crippen LogP contribution >= 0.6 is 0 Å². The summed E-state index contributed by atoms with van der Waals surface area (Å²) in [5.41, 5.74) is 7.49. The van der Waals surface area contributed by atoms with Gasteiger partial charge in [-0.3, -0.25) is 4.90 Å². The van der Waals surface area contributed by atoms with E-state index in [0.29, 0.717) is 17.9 Å². The summed E-state index contributed by atoms with van der Waals surface area (Å²) in [5, 5.41) is 12.6. The summed E-state index contributed by atoms with van der Waals surface area (Å²) in [6, 6.07) is 0.641. The van der Waals surface area contributed by atoms with Crippen molar-refractivity contribution in [3.63, 3.8) is 0 Å². The largest absolute Gasteiger partial charge is 0.443 e. The van der Waals surface area contributed by atoms with E-state index in [1.54, 1.807) is 4.90 Å². The van der Waals surface area contributed by atoms with E-state index >= 15 is 0 Å². The van der Waals surface area contributed by atoms with Crippen LogP contribution in [-0.2, 0) is 18.9 Å². The van der Waals surface area contributed by atoms with Gasteiger partial charge < -0.3 is 39.6 Å². The van der Waals surface area contributed by atoms with Crippen molar-refractivity contribution < 1.29 is 28.8 Å². The Labute approximate surface area is 325 Å². The van der Waals surface area contributed by atoms with E-state index in [1.165, 1.54) is 32.4 Å². The fourth-order valence-electron chi connectivity index (χ4n) is 15.3. The van der Waals surface area contributed by atoms with Crippen molar-refractivity contribution in [2.45, 2.75) is 162 Å². The first-order valence-electron chi connectivity index (χ1n) is 22.4. The zero-order chi connectivity index (χ0) is 38.2. The van der Waals surface area contributed by atoms with Gasteiger partial charge in [-0.15, -0.1) is 0 Å². The molecule has 54 heavy (non-hydrogen) atoms. The van der Waals surface area contributed by atoms with Gasteiger partial charge in [0.05, 0.1) is 36.6 Å². The second-order valence-electron chi connectivity index (χ2n) is 21.7. The molecule has 14 atom stereocenters. The first kappa shape index (κ1) is 38.5. The lowest BCUT2D eigenvalue weighted by atomic mass is 9.43. The van der Waals surface area contributed by atoms with E-state index in [-0.39, 0.29) is 76.2 Å². The Bertz CT molecular complexity index is 1440. The van der Waals surface area contributed by atoms with E-state index in [4.69, 9.17) is 24.7 Å². The molecule has 10 nitrogen and oxygen atoms in total. The molecule has 2 spiro atoms. The van der Waals surface area contributed by atoms with E-state index in [9.17, 15) is 9.90 Å². The number of ether oxygens (including phenoxy) is 4. The Balaban J connectivity index is 0.891. The molecule has 3 N–H and O–H groups in total. The molecule has 10 heteroatoms. The first-order chi connectivity index (χ1) is 25.6. The monoisotopic (exact) mass is 755 g/mol. The van der Waals surface area contributed by atoms with Crippen LogP contribution in [0.4, 0.5) is 4.79 Å². The minimum absolute atomic E-state index is 0.0408. The Morgan fingerprint density at radius 2 is 1.69 bits per heavy atom. The maximum absolute atomic E-state index is 13.0. The number of aliphatic hydroxyl groups is 1. The van der Waals surface area contributed by atoms with Crippen LogP contribution in [0, 0.1) is 57.2 Å². The maximum atomic E-state index is 13.0. The van der Waals surface area contributed by atoms with Gasteiger partial charge in [0.15, 0.2) is 6.29 Å². The Kier molecular flexibility index (Phi) is 9.45. The van der Waals surface area contributed by atoms with Crippen LogP contribution in [0.15, 0.2) is 0 Å². The summed E-state index contributed by atoms with van der Waals surface area (Å²) in [7, 11) is 0. The number of hydrogen-bond acceptors (Lipinski definition) is 9. The highest BCUT2D eigenvalue weighted by atomic mass is 16.7. The van der Waals surface area contributed by atoms with Crippen molar-refractivity contribution >= 4 is 6.09 Å². The highest BCUT2D eigenvalue weighted by molar-refractivity contribution is 5.68. The lowest BCUT2D eigenvalue weighted by Crippen LogP contribution is -2.70. The number of rotatable bonds is 8. The van der Waals surface area contributed by atoms with Crippen molar-refractivity contribution in [3.8, 4) is 0 Å². The molecule has 306 valence electrons. The third-order valence-electron chi connectivity index (χ3n) is 18.3. The van der Waals surface area contributed by atoms with Gasteiger partial charge in [0, 0.05) is 51.9 Å². The van der Waals surface area contributed by atoms with Gasteiger partial charge in [-0.1, -0.05) is 41.5 Å². The average Bonchev–Trinajstić information content (AvgIpc) is 3.70. The van der Waals surface area contributed by atoms with Crippen LogP contribution in [0.5, 0.6) is 0 Å². The number of carbonyl (C=O) groups excluding carboxylic acids is 1. The number of aliphatic hydroxyl groups excluding tert-OH is 1. The minimum atomic E-state index is -0.736. The third kappa shape index (κ3) is 5.44. The van der Waals surface area contributed by atoms with Crippen molar-refractivity contribution in [2.24, 2.45) is 62.9 Å². The number of carbonyl (C=O) groups is 1. The molecule has 5 aliphatic carbocycles. The molecule has 4 heterocycles. The van der Waals surface area contributed by atoms with Gasteiger partial charge in [-0.2, -0.15) is 0 Å². The molecule has 0 aromatic heterocycles. The average molecular weight is 755 g/mol. The van der Waals surface area contributed by atoms with Crippen molar-refractivity contribution in [1.82, 2.24) is 14.7 Å². The van der Waals surface area contributed by atoms with Crippen molar-refractivity contribution in [2.75, 3.05) is 52.4 Å². The number of likely N-dealkylation sites (tertiary alicyclic amines) is 2. The molecule has 0 aromatic rings. The summed E-state index contributed by atoms with van der Waals surface area (Å²) in [6.07, 6.45) is 7.97. The van der Waals surface area contributed by atoms with Crippen LogP contribution in [0.3, 0.4) is 0 Å². The number of morpholine rings is 1. The fraction of sp³-hybridized carbons (Fsp3) is 0.977. The number of amides is 1. The molecule has 4 saturated heterocycles. The van der Waals surface area contributed by atoms with Gasteiger partial charge in [0.1, 0.15) is 6.10 Å². The topological polar surface area (TPSA) is 110 Å². The number of nitrogens with zero attached hydrogens (tertiary/aromatic N) is 3. The van der Waals surface area contributed by atoms with E-state index in [0.717, 1.165) is 83.8 Å². The summed E-state index contributed by atoms with van der Waals surface area (Å²) < 4.78 is 26.5. The summed E-state index contributed by atoms with van der Waals surface area (Å²) in [6.45, 7) is 26.3. The van der Waals surface area contributed by atoms with Crippen molar-refractivity contribution in [3.05, 3.63) is 0 Å².